The summed E-state index contributed by atoms with van der Waals surface area (Å²) in [6.07, 6.45) is 4.82. The molecule has 0 atom stereocenters. The molecular weight excluding hydrogens is 196 g/mol. The van der Waals surface area contributed by atoms with Gasteiger partial charge in [-0.3, -0.25) is 0 Å². The summed E-state index contributed by atoms with van der Waals surface area (Å²) >= 11 is 0. The van der Waals surface area contributed by atoms with Crippen LogP contribution < -0.4 is 5.32 Å². The molecule has 1 aromatic heterocycles. The minimum atomic E-state index is 0.680. The van der Waals surface area contributed by atoms with Crippen LogP contribution in [-0.2, 0) is 0 Å². The molecule has 0 radical (unpaired) electrons. The first-order valence-corrected chi connectivity index (χ1v) is 6.13. The van der Waals surface area contributed by atoms with E-state index in [2.05, 4.69) is 47.3 Å². The van der Waals surface area contributed by atoms with Crippen LogP contribution in [0.2, 0.25) is 0 Å². The van der Waals surface area contributed by atoms with Crippen LogP contribution in [0.25, 0.3) is 10.9 Å². The maximum atomic E-state index is 3.43. The number of aryl methyl sites for hydroxylation is 1. The van der Waals surface area contributed by atoms with Crippen molar-refractivity contribution in [3.8, 4) is 0 Å². The third-order valence-electron chi connectivity index (χ3n) is 3.64. The Balaban J connectivity index is 2.08. The van der Waals surface area contributed by atoms with Gasteiger partial charge >= 0.3 is 0 Å². The van der Waals surface area contributed by atoms with Crippen molar-refractivity contribution < 1.29 is 0 Å². The van der Waals surface area contributed by atoms with Gasteiger partial charge in [-0.25, -0.2) is 0 Å². The van der Waals surface area contributed by atoms with E-state index in [1.54, 1.807) is 0 Å². The summed E-state index contributed by atoms with van der Waals surface area (Å²) in [5.74, 6) is 0. The molecule has 0 unspecified atom stereocenters. The Labute approximate surface area is 96.3 Å². The van der Waals surface area contributed by atoms with E-state index in [0.717, 1.165) is 13.1 Å². The number of hydrogen-bond acceptors (Lipinski definition) is 1. The van der Waals surface area contributed by atoms with Gasteiger partial charge in [0.2, 0.25) is 0 Å². The van der Waals surface area contributed by atoms with Gasteiger partial charge in [-0.1, -0.05) is 18.2 Å². The summed E-state index contributed by atoms with van der Waals surface area (Å²) in [6, 6.07) is 9.41. The molecule has 1 aliphatic rings. The highest BCUT2D eigenvalue weighted by atomic mass is 15.0. The standard InChI is InChI=1S/C14H18N2/c1-11-10-16(12-6-8-15-9-7-12)14-5-3-2-4-13(11)14/h2-5,10,12,15H,6-9H2,1H3. The predicted molar refractivity (Wildman–Crippen MR) is 67.8 cm³/mol. The number of nitrogens with zero attached hydrogens (tertiary/aromatic N) is 1. The second-order valence-electron chi connectivity index (χ2n) is 4.72. The number of nitrogens with one attached hydrogen (secondary N) is 1. The SMILES string of the molecule is Cc1cn(C2CCNCC2)c2ccccc12. The van der Waals surface area contributed by atoms with E-state index < -0.39 is 0 Å². The summed E-state index contributed by atoms with van der Waals surface area (Å²) in [4.78, 5) is 0. The number of aromatic nitrogens is 1. The Hall–Kier alpha value is -1.28. The molecule has 0 saturated carbocycles. The molecule has 1 aliphatic heterocycles. The van der Waals surface area contributed by atoms with E-state index in [-0.39, 0.29) is 0 Å². The average Bonchev–Trinajstić information content (AvgIpc) is 2.69. The summed E-state index contributed by atoms with van der Waals surface area (Å²) in [5, 5.41) is 4.83. The number of rotatable bonds is 1. The third-order valence-corrected chi connectivity index (χ3v) is 3.64. The average molecular weight is 214 g/mol. The van der Waals surface area contributed by atoms with Crippen LogP contribution in [0.4, 0.5) is 0 Å². The van der Waals surface area contributed by atoms with E-state index in [1.165, 1.54) is 29.3 Å². The van der Waals surface area contributed by atoms with E-state index >= 15 is 0 Å². The van der Waals surface area contributed by atoms with Crippen molar-refractivity contribution in [3.63, 3.8) is 0 Å². The second-order valence-corrected chi connectivity index (χ2v) is 4.72. The lowest BCUT2D eigenvalue weighted by atomic mass is 10.1. The van der Waals surface area contributed by atoms with Gasteiger partial charge in [-0.2, -0.15) is 0 Å². The number of hydrogen-bond donors (Lipinski definition) is 1. The normalized spacial score (nSPS) is 18.1. The summed E-state index contributed by atoms with van der Waals surface area (Å²) in [7, 11) is 0. The fourth-order valence-electron chi connectivity index (χ4n) is 2.77. The van der Waals surface area contributed by atoms with Crippen LogP contribution in [-0.4, -0.2) is 17.7 Å². The van der Waals surface area contributed by atoms with Gasteiger partial charge in [0.1, 0.15) is 0 Å². The molecule has 1 N–H and O–H groups in total. The highest BCUT2D eigenvalue weighted by molar-refractivity contribution is 5.83. The van der Waals surface area contributed by atoms with Gasteiger partial charge in [-0.15, -0.1) is 0 Å². The van der Waals surface area contributed by atoms with E-state index in [4.69, 9.17) is 0 Å². The van der Waals surface area contributed by atoms with Crippen LogP contribution in [0.15, 0.2) is 30.5 Å². The van der Waals surface area contributed by atoms with E-state index in [9.17, 15) is 0 Å². The number of fused-ring (bicyclic) bond motifs is 1. The lowest BCUT2D eigenvalue weighted by Crippen LogP contribution is -2.29. The molecule has 2 aromatic rings. The number of benzene rings is 1. The Kier molecular flexibility index (Phi) is 2.44. The zero-order valence-electron chi connectivity index (χ0n) is 9.74. The highest BCUT2D eigenvalue weighted by Crippen LogP contribution is 2.27. The largest absolute Gasteiger partial charge is 0.344 e. The quantitative estimate of drug-likeness (QED) is 0.772. The third kappa shape index (κ3) is 1.54. The molecule has 2 heteroatoms. The molecule has 0 spiro atoms. The maximum absolute atomic E-state index is 3.43. The van der Waals surface area contributed by atoms with Crippen molar-refractivity contribution >= 4 is 10.9 Å². The monoisotopic (exact) mass is 214 g/mol. The van der Waals surface area contributed by atoms with Crippen LogP contribution >= 0.6 is 0 Å². The minimum absolute atomic E-state index is 0.680. The van der Waals surface area contributed by atoms with Crippen molar-refractivity contribution in [2.45, 2.75) is 25.8 Å². The van der Waals surface area contributed by atoms with Crippen LogP contribution in [0.3, 0.4) is 0 Å². The topological polar surface area (TPSA) is 17.0 Å². The molecule has 1 aromatic carbocycles. The van der Waals surface area contributed by atoms with Crippen molar-refractivity contribution in [1.82, 2.24) is 9.88 Å². The zero-order valence-corrected chi connectivity index (χ0v) is 9.74. The first-order chi connectivity index (χ1) is 7.86. The van der Waals surface area contributed by atoms with Crippen molar-refractivity contribution in [3.05, 3.63) is 36.0 Å². The molecule has 0 bridgehead atoms. The Morgan fingerprint density at radius 3 is 2.75 bits per heavy atom. The molecule has 0 aliphatic carbocycles. The number of para-hydroxylation sites is 1. The predicted octanol–water partition coefficient (Wildman–Crippen LogP) is 2.87. The summed E-state index contributed by atoms with van der Waals surface area (Å²) in [6.45, 7) is 4.51. The van der Waals surface area contributed by atoms with Gasteiger partial charge in [0.25, 0.3) is 0 Å². The molecular formula is C14H18N2. The molecule has 84 valence electrons. The molecule has 3 rings (SSSR count). The molecule has 2 heterocycles. The molecule has 1 fully saturated rings. The van der Waals surface area contributed by atoms with Gasteiger partial charge in [0.15, 0.2) is 0 Å². The van der Waals surface area contributed by atoms with Crippen molar-refractivity contribution in [1.29, 1.82) is 0 Å². The lowest BCUT2D eigenvalue weighted by Gasteiger charge is -2.25. The van der Waals surface area contributed by atoms with E-state index in [1.807, 2.05) is 0 Å². The molecule has 1 saturated heterocycles. The molecule has 2 nitrogen and oxygen atoms in total. The van der Waals surface area contributed by atoms with Crippen molar-refractivity contribution in [2.24, 2.45) is 0 Å². The van der Waals surface area contributed by atoms with Gasteiger partial charge in [0.05, 0.1) is 0 Å². The van der Waals surface area contributed by atoms with Crippen LogP contribution in [0, 0.1) is 6.92 Å². The molecule has 0 amide bonds. The second kappa shape index (κ2) is 3.95. The molecule has 16 heavy (non-hydrogen) atoms. The van der Waals surface area contributed by atoms with Crippen LogP contribution in [0.5, 0.6) is 0 Å². The summed E-state index contributed by atoms with van der Waals surface area (Å²) < 4.78 is 2.48. The fraction of sp³-hybridized carbons (Fsp3) is 0.429. The Morgan fingerprint density at radius 1 is 1.19 bits per heavy atom. The van der Waals surface area contributed by atoms with E-state index in [0.29, 0.717) is 6.04 Å². The Morgan fingerprint density at radius 2 is 1.94 bits per heavy atom. The highest BCUT2D eigenvalue weighted by Gasteiger charge is 2.16. The van der Waals surface area contributed by atoms with Gasteiger partial charge in [-0.05, 0) is 44.5 Å². The maximum Gasteiger partial charge on any atom is 0.0485 e. The first kappa shape index (κ1) is 9.91. The Bertz CT molecular complexity index is 492. The van der Waals surface area contributed by atoms with Gasteiger partial charge in [0, 0.05) is 23.1 Å². The smallest absolute Gasteiger partial charge is 0.0485 e. The zero-order chi connectivity index (χ0) is 11.0. The minimum Gasteiger partial charge on any atom is -0.344 e. The fourth-order valence-corrected chi connectivity index (χ4v) is 2.77. The first-order valence-electron chi connectivity index (χ1n) is 6.13. The van der Waals surface area contributed by atoms with Crippen LogP contribution in [0.1, 0.15) is 24.4 Å². The summed E-state index contributed by atoms with van der Waals surface area (Å²) in [5.41, 5.74) is 2.79. The van der Waals surface area contributed by atoms with Gasteiger partial charge < -0.3 is 9.88 Å². The van der Waals surface area contributed by atoms with Crippen molar-refractivity contribution in [2.75, 3.05) is 13.1 Å². The lowest BCUT2D eigenvalue weighted by molar-refractivity contribution is 0.376. The number of piperidine rings is 1.